The summed E-state index contributed by atoms with van der Waals surface area (Å²) in [6, 6.07) is 0. The first-order valence-corrected chi connectivity index (χ1v) is 2.71. The van der Waals surface area contributed by atoms with Crippen molar-refractivity contribution in [3.8, 4) is 0 Å². The van der Waals surface area contributed by atoms with Crippen LogP contribution in [-0.4, -0.2) is 12.3 Å². The maximum absolute atomic E-state index is 7.84. The van der Waals surface area contributed by atoms with Crippen LogP contribution in [0.1, 0.15) is 20.8 Å². The highest BCUT2D eigenvalue weighted by Gasteiger charge is 2.07. The van der Waals surface area contributed by atoms with E-state index in [4.69, 9.17) is 10.3 Å². The molecule has 0 aromatic heterocycles. The van der Waals surface area contributed by atoms with Crippen LogP contribution in [0, 0.1) is 0 Å². The van der Waals surface area contributed by atoms with E-state index in [0.717, 1.165) is 0 Å². The lowest BCUT2D eigenvalue weighted by atomic mass is 10.2. The van der Waals surface area contributed by atoms with Gasteiger partial charge in [0.25, 0.3) is 0 Å². The van der Waals surface area contributed by atoms with Gasteiger partial charge in [-0.1, -0.05) is 5.11 Å². The normalized spacial score (nSPS) is 10.6. The van der Waals surface area contributed by atoms with Gasteiger partial charge >= 0.3 is 0 Å². The highest BCUT2D eigenvalue weighted by atomic mass is 16.5. The number of hydrogen-bond acceptors (Lipinski definition) is 2. The molecule has 0 aliphatic heterocycles. The van der Waals surface area contributed by atoms with Gasteiger partial charge in [0.05, 0.1) is 5.60 Å². The minimum atomic E-state index is -0.214. The van der Waals surface area contributed by atoms with Gasteiger partial charge in [-0.2, -0.15) is 0 Å². The largest absolute Gasteiger partial charge is 0.370 e. The summed E-state index contributed by atoms with van der Waals surface area (Å²) in [5, 5.41) is 3.22. The van der Waals surface area contributed by atoms with Gasteiger partial charge in [0.15, 0.2) is 0 Å². The van der Waals surface area contributed by atoms with Crippen LogP contribution in [0.4, 0.5) is 0 Å². The zero-order valence-corrected chi connectivity index (χ0v) is 5.96. The molecule has 0 aromatic rings. The third-order valence-corrected chi connectivity index (χ3v) is 0.619. The lowest BCUT2D eigenvalue weighted by Gasteiger charge is -2.16. The average molecular weight is 129 g/mol. The number of ether oxygens (including phenoxy) is 1. The van der Waals surface area contributed by atoms with Gasteiger partial charge in [0.1, 0.15) is 6.73 Å². The Bertz CT molecular complexity index is 121. The monoisotopic (exact) mass is 129 g/mol. The van der Waals surface area contributed by atoms with E-state index in [1.165, 1.54) is 0 Å². The van der Waals surface area contributed by atoms with E-state index in [0.29, 0.717) is 0 Å². The molecule has 0 bridgehead atoms. The van der Waals surface area contributed by atoms with E-state index in [9.17, 15) is 0 Å². The number of rotatable bonds is 2. The minimum Gasteiger partial charge on any atom is -0.370 e. The summed E-state index contributed by atoms with van der Waals surface area (Å²) in [6.45, 7) is 5.82. The Morgan fingerprint density at radius 3 is 2.44 bits per heavy atom. The second-order valence-corrected chi connectivity index (χ2v) is 2.62. The lowest BCUT2D eigenvalue weighted by Crippen LogP contribution is -2.18. The van der Waals surface area contributed by atoms with Gasteiger partial charge in [-0.15, -0.1) is 0 Å². The molecule has 0 aromatic carbocycles. The Morgan fingerprint density at radius 2 is 2.11 bits per heavy atom. The van der Waals surface area contributed by atoms with Gasteiger partial charge in [-0.25, -0.2) is 0 Å². The smallest absolute Gasteiger partial charge is 0.126 e. The van der Waals surface area contributed by atoms with Crippen molar-refractivity contribution in [3.63, 3.8) is 0 Å². The van der Waals surface area contributed by atoms with E-state index < -0.39 is 0 Å². The van der Waals surface area contributed by atoms with Crippen LogP contribution in [0.2, 0.25) is 0 Å². The third-order valence-electron chi connectivity index (χ3n) is 0.619. The molecule has 0 radical (unpaired) electrons. The van der Waals surface area contributed by atoms with E-state index in [1.54, 1.807) is 0 Å². The molecule has 9 heavy (non-hydrogen) atoms. The molecule has 52 valence electrons. The molecule has 0 saturated carbocycles. The molecule has 0 saturated heterocycles. The van der Waals surface area contributed by atoms with Crippen molar-refractivity contribution in [2.24, 2.45) is 5.11 Å². The fourth-order valence-corrected chi connectivity index (χ4v) is 0.248. The standard InChI is InChI=1S/C5H11N3O/c1-5(2,3)9-4-7-8-6/h4H2,1-3H3. The summed E-state index contributed by atoms with van der Waals surface area (Å²) in [7, 11) is 0. The van der Waals surface area contributed by atoms with Crippen LogP contribution in [0.5, 0.6) is 0 Å². The topological polar surface area (TPSA) is 58.0 Å². The summed E-state index contributed by atoms with van der Waals surface area (Å²) in [6.07, 6.45) is 0. The molecule has 0 spiro atoms. The molecule has 0 amide bonds. The van der Waals surface area contributed by atoms with Crippen molar-refractivity contribution in [1.29, 1.82) is 0 Å². The Morgan fingerprint density at radius 1 is 1.56 bits per heavy atom. The van der Waals surface area contributed by atoms with Crippen LogP contribution in [-0.2, 0) is 4.74 Å². The van der Waals surface area contributed by atoms with Gasteiger partial charge < -0.3 is 4.74 Å². The zero-order valence-electron chi connectivity index (χ0n) is 5.96. The highest BCUT2D eigenvalue weighted by Crippen LogP contribution is 2.05. The van der Waals surface area contributed by atoms with Crippen molar-refractivity contribution < 1.29 is 4.74 Å². The van der Waals surface area contributed by atoms with Gasteiger partial charge in [-0.3, -0.25) is 0 Å². The highest BCUT2D eigenvalue weighted by molar-refractivity contribution is 4.57. The summed E-state index contributed by atoms with van der Waals surface area (Å²) < 4.78 is 5.05. The van der Waals surface area contributed by atoms with Crippen molar-refractivity contribution in [2.75, 3.05) is 6.73 Å². The number of nitrogens with zero attached hydrogens (tertiary/aromatic N) is 3. The van der Waals surface area contributed by atoms with Crippen LogP contribution in [0.3, 0.4) is 0 Å². The molecule has 4 nitrogen and oxygen atoms in total. The van der Waals surface area contributed by atoms with Gasteiger partial charge in [-0.05, 0) is 26.3 Å². The fourth-order valence-electron chi connectivity index (χ4n) is 0.248. The molecular weight excluding hydrogens is 118 g/mol. The summed E-state index contributed by atoms with van der Waals surface area (Å²) >= 11 is 0. The molecule has 0 aliphatic rings. The first kappa shape index (κ1) is 8.27. The molecule has 0 unspecified atom stereocenters. The summed E-state index contributed by atoms with van der Waals surface area (Å²) in [4.78, 5) is 2.54. The number of hydrogen-bond donors (Lipinski definition) is 0. The molecular formula is C5H11N3O. The zero-order chi connectivity index (χ0) is 7.33. The van der Waals surface area contributed by atoms with Crippen LogP contribution in [0.15, 0.2) is 5.11 Å². The number of azide groups is 1. The summed E-state index contributed by atoms with van der Waals surface area (Å²) in [5.41, 5.74) is 7.63. The fraction of sp³-hybridized carbons (Fsp3) is 1.00. The molecule has 0 heterocycles. The second-order valence-electron chi connectivity index (χ2n) is 2.62. The minimum absolute atomic E-state index is 0.111. The van der Waals surface area contributed by atoms with Gasteiger partial charge in [0.2, 0.25) is 0 Å². The van der Waals surface area contributed by atoms with Crippen molar-refractivity contribution >= 4 is 0 Å². The maximum atomic E-state index is 7.84. The summed E-state index contributed by atoms with van der Waals surface area (Å²) in [5.74, 6) is 0. The van der Waals surface area contributed by atoms with Gasteiger partial charge in [0, 0.05) is 4.91 Å². The quantitative estimate of drug-likeness (QED) is 0.320. The van der Waals surface area contributed by atoms with E-state index >= 15 is 0 Å². The van der Waals surface area contributed by atoms with Crippen LogP contribution < -0.4 is 0 Å². The molecule has 0 N–H and O–H groups in total. The first-order chi connectivity index (χ1) is 4.06. The van der Waals surface area contributed by atoms with Crippen LogP contribution in [0.25, 0.3) is 10.4 Å². The molecule has 0 atom stereocenters. The Hall–Kier alpha value is -0.730. The van der Waals surface area contributed by atoms with E-state index in [1.807, 2.05) is 20.8 Å². The van der Waals surface area contributed by atoms with Crippen molar-refractivity contribution in [1.82, 2.24) is 0 Å². The average Bonchev–Trinajstić information content (AvgIpc) is 1.63. The Balaban J connectivity index is 3.39. The Kier molecular flexibility index (Phi) is 3.06. The van der Waals surface area contributed by atoms with E-state index in [-0.39, 0.29) is 12.3 Å². The van der Waals surface area contributed by atoms with Crippen molar-refractivity contribution in [3.05, 3.63) is 10.4 Å². The Labute approximate surface area is 54.4 Å². The second kappa shape index (κ2) is 3.33. The predicted octanol–water partition coefficient (Wildman–Crippen LogP) is 2.07. The maximum Gasteiger partial charge on any atom is 0.126 e. The molecule has 4 heteroatoms. The first-order valence-electron chi connectivity index (χ1n) is 2.71. The molecule has 0 aliphatic carbocycles. The predicted molar refractivity (Wildman–Crippen MR) is 34.9 cm³/mol. The molecule has 0 rings (SSSR count). The molecule has 0 fully saturated rings. The third kappa shape index (κ3) is 7.27. The van der Waals surface area contributed by atoms with E-state index in [2.05, 4.69) is 10.0 Å². The lowest BCUT2D eigenvalue weighted by molar-refractivity contribution is 0.00126. The van der Waals surface area contributed by atoms with Crippen molar-refractivity contribution in [2.45, 2.75) is 26.4 Å². The van der Waals surface area contributed by atoms with Crippen LogP contribution >= 0.6 is 0 Å². The SMILES string of the molecule is CC(C)(C)OCN=[N+]=[N-].